The zero-order chi connectivity index (χ0) is 16.4. The number of hydrogen-bond donors (Lipinski definition) is 2. The van der Waals surface area contributed by atoms with Gasteiger partial charge in [0, 0.05) is 19.2 Å². The van der Waals surface area contributed by atoms with Crippen LogP contribution in [0.2, 0.25) is 0 Å². The summed E-state index contributed by atoms with van der Waals surface area (Å²) in [6.07, 6.45) is 0. The molecule has 0 aromatic heterocycles. The van der Waals surface area contributed by atoms with E-state index in [0.717, 1.165) is 5.56 Å². The largest absolute Gasteiger partial charge is 0.379 e. The molecule has 1 amide bonds. The van der Waals surface area contributed by atoms with Crippen molar-refractivity contribution < 1.29 is 14.3 Å². The van der Waals surface area contributed by atoms with Crippen LogP contribution in [-0.2, 0) is 14.3 Å². The van der Waals surface area contributed by atoms with Crippen molar-refractivity contribution in [2.45, 2.75) is 32.7 Å². The lowest BCUT2D eigenvalue weighted by Gasteiger charge is -2.14. The third-order valence-electron chi connectivity index (χ3n) is 3.36. The van der Waals surface area contributed by atoms with Gasteiger partial charge in [0.25, 0.3) is 0 Å². The SMILES string of the molecule is CCOCCOCC(=O)NCC(N)c1ccc(C(C)C)cc1.Cl. The van der Waals surface area contributed by atoms with E-state index in [0.29, 0.717) is 32.3 Å². The molecule has 3 N–H and O–H groups in total. The number of benzene rings is 1. The van der Waals surface area contributed by atoms with Crippen LogP contribution in [0.5, 0.6) is 0 Å². The fourth-order valence-electron chi connectivity index (χ4n) is 1.95. The van der Waals surface area contributed by atoms with Gasteiger partial charge in [-0.2, -0.15) is 0 Å². The summed E-state index contributed by atoms with van der Waals surface area (Å²) in [5.74, 6) is 0.338. The molecule has 0 aliphatic heterocycles. The summed E-state index contributed by atoms with van der Waals surface area (Å²) in [7, 11) is 0. The molecule has 1 rings (SSSR count). The highest BCUT2D eigenvalue weighted by Crippen LogP contribution is 2.17. The van der Waals surface area contributed by atoms with Crippen molar-refractivity contribution in [1.29, 1.82) is 0 Å². The molecule has 1 unspecified atom stereocenters. The second-order valence-electron chi connectivity index (χ2n) is 5.48. The average molecular weight is 345 g/mol. The Morgan fingerprint density at radius 1 is 1.13 bits per heavy atom. The molecule has 6 heteroatoms. The van der Waals surface area contributed by atoms with E-state index in [-0.39, 0.29) is 31.0 Å². The molecule has 0 aliphatic rings. The van der Waals surface area contributed by atoms with Gasteiger partial charge in [0.1, 0.15) is 6.61 Å². The number of ether oxygens (including phenoxy) is 2. The third-order valence-corrected chi connectivity index (χ3v) is 3.36. The Morgan fingerprint density at radius 2 is 1.70 bits per heavy atom. The summed E-state index contributed by atoms with van der Waals surface area (Å²) < 4.78 is 10.3. The first-order valence-corrected chi connectivity index (χ1v) is 7.82. The van der Waals surface area contributed by atoms with Gasteiger partial charge in [-0.1, -0.05) is 38.1 Å². The van der Waals surface area contributed by atoms with Crippen LogP contribution in [0.25, 0.3) is 0 Å². The smallest absolute Gasteiger partial charge is 0.246 e. The molecule has 0 saturated carbocycles. The van der Waals surface area contributed by atoms with Crippen LogP contribution >= 0.6 is 12.4 Å². The van der Waals surface area contributed by atoms with E-state index in [1.54, 1.807) is 0 Å². The molecule has 0 heterocycles. The van der Waals surface area contributed by atoms with Gasteiger partial charge in [-0.3, -0.25) is 4.79 Å². The zero-order valence-electron chi connectivity index (χ0n) is 14.2. The predicted octanol–water partition coefficient (Wildman–Crippen LogP) is 2.40. The molecule has 1 atom stereocenters. The number of nitrogens with one attached hydrogen (secondary N) is 1. The standard InChI is InChI=1S/C17H28N2O3.ClH/c1-4-21-9-10-22-12-17(20)19-11-16(18)15-7-5-14(6-8-15)13(2)3;/h5-8,13,16H,4,9-12,18H2,1-3H3,(H,19,20);1H. The Hall–Kier alpha value is -1.14. The number of carbonyl (C=O) groups excluding carboxylic acids is 1. The normalized spacial score (nSPS) is 11.9. The zero-order valence-corrected chi connectivity index (χ0v) is 15.0. The van der Waals surface area contributed by atoms with Crippen molar-refractivity contribution in [3.63, 3.8) is 0 Å². The molecule has 132 valence electrons. The second-order valence-corrected chi connectivity index (χ2v) is 5.48. The third kappa shape index (κ3) is 8.91. The topological polar surface area (TPSA) is 73.6 Å². The summed E-state index contributed by atoms with van der Waals surface area (Å²) in [6.45, 7) is 8.24. The van der Waals surface area contributed by atoms with Crippen LogP contribution < -0.4 is 11.1 Å². The van der Waals surface area contributed by atoms with Crippen molar-refractivity contribution in [3.8, 4) is 0 Å². The molecular weight excluding hydrogens is 316 g/mol. The minimum absolute atomic E-state index is 0. The van der Waals surface area contributed by atoms with Gasteiger partial charge in [0.15, 0.2) is 0 Å². The van der Waals surface area contributed by atoms with Crippen LogP contribution in [0.1, 0.15) is 43.9 Å². The first kappa shape index (κ1) is 21.9. The lowest BCUT2D eigenvalue weighted by molar-refractivity contribution is -0.126. The minimum atomic E-state index is -0.214. The molecular formula is C17H29ClN2O3. The van der Waals surface area contributed by atoms with Gasteiger partial charge in [0.05, 0.1) is 13.2 Å². The molecule has 0 bridgehead atoms. The lowest BCUT2D eigenvalue weighted by atomic mass is 9.99. The number of amides is 1. The second kappa shape index (κ2) is 12.3. The Morgan fingerprint density at radius 3 is 2.26 bits per heavy atom. The van der Waals surface area contributed by atoms with E-state index in [4.69, 9.17) is 15.2 Å². The summed E-state index contributed by atoms with van der Waals surface area (Å²) in [4.78, 5) is 11.6. The summed E-state index contributed by atoms with van der Waals surface area (Å²) in [5, 5.41) is 2.78. The average Bonchev–Trinajstić information content (AvgIpc) is 2.52. The predicted molar refractivity (Wildman–Crippen MR) is 95.0 cm³/mol. The maximum atomic E-state index is 11.6. The van der Waals surface area contributed by atoms with Crippen molar-refractivity contribution in [2.75, 3.05) is 33.0 Å². The van der Waals surface area contributed by atoms with Crippen molar-refractivity contribution in [2.24, 2.45) is 5.73 Å². The maximum absolute atomic E-state index is 11.6. The molecule has 23 heavy (non-hydrogen) atoms. The first-order valence-electron chi connectivity index (χ1n) is 7.82. The summed E-state index contributed by atoms with van der Waals surface area (Å²) >= 11 is 0. The number of rotatable bonds is 10. The van der Waals surface area contributed by atoms with Crippen LogP contribution in [0, 0.1) is 0 Å². The van der Waals surface area contributed by atoms with Crippen LogP contribution in [0.4, 0.5) is 0 Å². The van der Waals surface area contributed by atoms with Crippen molar-refractivity contribution >= 4 is 18.3 Å². The Labute approximate surface area is 145 Å². The highest BCUT2D eigenvalue weighted by atomic mass is 35.5. The maximum Gasteiger partial charge on any atom is 0.246 e. The van der Waals surface area contributed by atoms with E-state index < -0.39 is 0 Å². The van der Waals surface area contributed by atoms with Crippen LogP contribution in [-0.4, -0.2) is 38.9 Å². The molecule has 0 spiro atoms. The Balaban J connectivity index is 0.00000484. The molecule has 1 aromatic carbocycles. The molecule has 0 aliphatic carbocycles. The van der Waals surface area contributed by atoms with E-state index in [2.05, 4.69) is 31.3 Å². The number of halogens is 1. The quantitative estimate of drug-likeness (QED) is 0.639. The van der Waals surface area contributed by atoms with Gasteiger partial charge >= 0.3 is 0 Å². The minimum Gasteiger partial charge on any atom is -0.379 e. The Bertz CT molecular complexity index is 438. The van der Waals surface area contributed by atoms with Crippen LogP contribution in [0.15, 0.2) is 24.3 Å². The Kier molecular flexibility index (Phi) is 11.7. The van der Waals surface area contributed by atoms with E-state index in [1.807, 2.05) is 19.1 Å². The molecule has 5 nitrogen and oxygen atoms in total. The summed E-state index contributed by atoms with van der Waals surface area (Å²) in [6, 6.07) is 7.99. The fraction of sp³-hybridized carbons (Fsp3) is 0.588. The number of hydrogen-bond acceptors (Lipinski definition) is 4. The fourth-order valence-corrected chi connectivity index (χ4v) is 1.95. The highest BCUT2D eigenvalue weighted by Gasteiger charge is 2.09. The van der Waals surface area contributed by atoms with Gasteiger partial charge in [0.2, 0.25) is 5.91 Å². The van der Waals surface area contributed by atoms with Crippen molar-refractivity contribution in [1.82, 2.24) is 5.32 Å². The van der Waals surface area contributed by atoms with Crippen LogP contribution in [0.3, 0.4) is 0 Å². The highest BCUT2D eigenvalue weighted by molar-refractivity contribution is 5.85. The monoisotopic (exact) mass is 344 g/mol. The number of nitrogens with two attached hydrogens (primary N) is 1. The van der Waals surface area contributed by atoms with E-state index >= 15 is 0 Å². The summed E-state index contributed by atoms with van der Waals surface area (Å²) in [5.41, 5.74) is 8.38. The first-order chi connectivity index (χ1) is 10.5. The number of carbonyl (C=O) groups is 1. The van der Waals surface area contributed by atoms with Gasteiger partial charge in [-0.25, -0.2) is 0 Å². The lowest BCUT2D eigenvalue weighted by Crippen LogP contribution is -2.34. The molecule has 0 radical (unpaired) electrons. The molecule has 0 saturated heterocycles. The van der Waals surface area contributed by atoms with Gasteiger partial charge < -0.3 is 20.5 Å². The molecule has 1 aromatic rings. The van der Waals surface area contributed by atoms with E-state index in [9.17, 15) is 4.79 Å². The van der Waals surface area contributed by atoms with Crippen molar-refractivity contribution in [3.05, 3.63) is 35.4 Å². The van der Waals surface area contributed by atoms with Gasteiger partial charge in [-0.05, 0) is 24.0 Å². The van der Waals surface area contributed by atoms with Gasteiger partial charge in [-0.15, -0.1) is 12.4 Å². The van der Waals surface area contributed by atoms with E-state index in [1.165, 1.54) is 5.56 Å². The molecule has 0 fully saturated rings.